The van der Waals surface area contributed by atoms with Gasteiger partial charge in [-0.05, 0) is 55.0 Å². The van der Waals surface area contributed by atoms with Gasteiger partial charge in [0.2, 0.25) is 5.91 Å². The Kier molecular flexibility index (Phi) is 7.62. The highest BCUT2D eigenvalue weighted by molar-refractivity contribution is 6.16. The summed E-state index contributed by atoms with van der Waals surface area (Å²) in [5.41, 5.74) is 1.52. The van der Waals surface area contributed by atoms with Crippen LogP contribution in [0.25, 0.3) is 0 Å². The Labute approximate surface area is 216 Å². The largest absolute Gasteiger partial charge is 0.493 e. The lowest BCUT2D eigenvalue weighted by molar-refractivity contribution is -0.119. The predicted octanol–water partition coefficient (Wildman–Crippen LogP) is 4.24. The zero-order chi connectivity index (χ0) is 25.9. The minimum Gasteiger partial charge on any atom is -0.493 e. The van der Waals surface area contributed by atoms with Crippen molar-refractivity contribution < 1.29 is 28.2 Å². The van der Waals surface area contributed by atoms with Gasteiger partial charge in [-0.3, -0.25) is 4.79 Å². The molecule has 3 aliphatic rings. The number of amides is 3. The standard InChI is InChI=1S/C28H34FN3O5/c1-35-24-8-7-23(16-26(24)36-2)32-27(33)11-14-31(28(32)34)22-9-12-30(13-10-22)17-19-15-25(37-18-19)20-3-5-21(29)6-4-20/h3-8,16,19,22,25H,9-15,17-18H2,1-2H3. The first-order valence-electron chi connectivity index (χ1n) is 12.9. The van der Waals surface area contributed by atoms with E-state index in [4.69, 9.17) is 14.2 Å². The van der Waals surface area contributed by atoms with Gasteiger partial charge in [0.05, 0.1) is 32.6 Å². The van der Waals surface area contributed by atoms with Crippen molar-refractivity contribution in [2.24, 2.45) is 5.92 Å². The SMILES string of the molecule is COc1ccc(N2C(=O)CCN(C3CCN(CC4COC(c5ccc(F)cc5)C4)CC3)C2=O)cc1OC. The molecule has 2 aromatic carbocycles. The van der Waals surface area contributed by atoms with Gasteiger partial charge in [-0.25, -0.2) is 14.1 Å². The van der Waals surface area contributed by atoms with Crippen LogP contribution in [0.2, 0.25) is 0 Å². The quantitative estimate of drug-likeness (QED) is 0.554. The number of likely N-dealkylation sites (tertiary alicyclic amines) is 1. The number of urea groups is 1. The van der Waals surface area contributed by atoms with Gasteiger partial charge in [-0.15, -0.1) is 0 Å². The Hall–Kier alpha value is -3.17. The highest BCUT2D eigenvalue weighted by Gasteiger charge is 2.39. The van der Waals surface area contributed by atoms with E-state index < -0.39 is 0 Å². The minimum absolute atomic E-state index is 0.0224. The molecule has 0 aromatic heterocycles. The Balaban J connectivity index is 1.16. The van der Waals surface area contributed by atoms with Gasteiger partial charge < -0.3 is 24.0 Å². The average Bonchev–Trinajstić information content (AvgIpc) is 3.38. The Bertz CT molecular complexity index is 1120. The van der Waals surface area contributed by atoms with Gasteiger partial charge in [-0.1, -0.05) is 12.1 Å². The number of rotatable bonds is 7. The normalized spacial score (nSPS) is 23.5. The smallest absolute Gasteiger partial charge is 0.331 e. The number of piperidine rings is 1. The van der Waals surface area contributed by atoms with Crippen LogP contribution in [0.5, 0.6) is 11.5 Å². The maximum absolute atomic E-state index is 13.4. The van der Waals surface area contributed by atoms with Crippen LogP contribution in [0.4, 0.5) is 14.9 Å². The summed E-state index contributed by atoms with van der Waals surface area (Å²) in [6, 6.07) is 11.5. The van der Waals surface area contributed by atoms with Gasteiger partial charge in [0, 0.05) is 44.7 Å². The summed E-state index contributed by atoms with van der Waals surface area (Å²) in [5, 5.41) is 0. The Morgan fingerprint density at radius 3 is 2.41 bits per heavy atom. The van der Waals surface area contributed by atoms with E-state index in [0.717, 1.165) is 44.5 Å². The number of hydrogen-bond donors (Lipinski definition) is 0. The van der Waals surface area contributed by atoms with Crippen LogP contribution in [0.3, 0.4) is 0 Å². The molecular weight excluding hydrogens is 477 g/mol. The molecule has 2 atom stereocenters. The molecule has 37 heavy (non-hydrogen) atoms. The summed E-state index contributed by atoms with van der Waals surface area (Å²) >= 11 is 0. The van der Waals surface area contributed by atoms with Crippen LogP contribution in [0.1, 0.15) is 37.4 Å². The maximum Gasteiger partial charge on any atom is 0.331 e. The number of methoxy groups -OCH3 is 2. The predicted molar refractivity (Wildman–Crippen MR) is 136 cm³/mol. The zero-order valence-electron chi connectivity index (χ0n) is 21.4. The lowest BCUT2D eigenvalue weighted by Crippen LogP contribution is -2.58. The van der Waals surface area contributed by atoms with E-state index in [1.807, 2.05) is 4.90 Å². The van der Waals surface area contributed by atoms with Crippen molar-refractivity contribution in [1.82, 2.24) is 9.80 Å². The molecule has 9 heteroatoms. The number of nitrogens with zero attached hydrogens (tertiary/aromatic N) is 3. The van der Waals surface area contributed by atoms with E-state index in [1.165, 1.54) is 24.1 Å². The van der Waals surface area contributed by atoms with Crippen molar-refractivity contribution in [3.05, 3.63) is 53.8 Å². The van der Waals surface area contributed by atoms with Crippen molar-refractivity contribution in [2.75, 3.05) is 51.9 Å². The van der Waals surface area contributed by atoms with E-state index in [2.05, 4.69) is 4.90 Å². The highest BCUT2D eigenvalue weighted by atomic mass is 19.1. The average molecular weight is 512 g/mol. The number of carbonyl (C=O) groups is 2. The molecule has 0 aliphatic carbocycles. The molecule has 3 saturated heterocycles. The number of benzene rings is 2. The molecule has 198 valence electrons. The second-order valence-corrected chi connectivity index (χ2v) is 10.0. The van der Waals surface area contributed by atoms with E-state index in [1.54, 1.807) is 37.4 Å². The third-order valence-electron chi connectivity index (χ3n) is 7.71. The number of hydrogen-bond acceptors (Lipinski definition) is 6. The topological polar surface area (TPSA) is 71.5 Å². The summed E-state index contributed by atoms with van der Waals surface area (Å²) in [6.07, 6.45) is 2.99. The van der Waals surface area contributed by atoms with Gasteiger partial charge >= 0.3 is 6.03 Å². The summed E-state index contributed by atoms with van der Waals surface area (Å²) in [4.78, 5) is 31.8. The van der Waals surface area contributed by atoms with Gasteiger partial charge in [0.15, 0.2) is 11.5 Å². The fourth-order valence-corrected chi connectivity index (χ4v) is 5.72. The number of anilines is 1. The van der Waals surface area contributed by atoms with E-state index >= 15 is 0 Å². The Morgan fingerprint density at radius 2 is 1.70 bits per heavy atom. The third-order valence-corrected chi connectivity index (χ3v) is 7.71. The summed E-state index contributed by atoms with van der Waals surface area (Å²) < 4.78 is 29.9. The second-order valence-electron chi connectivity index (χ2n) is 10.0. The van der Waals surface area contributed by atoms with Gasteiger partial charge in [0.25, 0.3) is 0 Å². The second kappa shape index (κ2) is 11.1. The lowest BCUT2D eigenvalue weighted by atomic mass is 9.97. The van der Waals surface area contributed by atoms with Crippen LogP contribution in [0, 0.1) is 11.7 Å². The highest BCUT2D eigenvalue weighted by Crippen LogP contribution is 2.35. The number of ether oxygens (including phenoxy) is 3. The van der Waals surface area contributed by atoms with Crippen LogP contribution >= 0.6 is 0 Å². The van der Waals surface area contributed by atoms with Crippen LogP contribution in [-0.4, -0.2) is 74.8 Å². The monoisotopic (exact) mass is 511 g/mol. The first-order chi connectivity index (χ1) is 18.0. The maximum atomic E-state index is 13.4. The summed E-state index contributed by atoms with van der Waals surface area (Å²) in [5.74, 6) is 1.02. The molecule has 0 radical (unpaired) electrons. The molecule has 5 rings (SSSR count). The van der Waals surface area contributed by atoms with Crippen molar-refractivity contribution >= 4 is 17.6 Å². The number of halogens is 1. The zero-order valence-corrected chi connectivity index (χ0v) is 21.4. The number of carbonyl (C=O) groups excluding carboxylic acids is 2. The molecule has 0 bridgehead atoms. The molecule has 2 aromatic rings. The van der Waals surface area contributed by atoms with Gasteiger partial charge in [-0.2, -0.15) is 0 Å². The van der Waals surface area contributed by atoms with Crippen LogP contribution in [-0.2, 0) is 9.53 Å². The first kappa shape index (κ1) is 25.5. The molecular formula is C28H34FN3O5. The number of imide groups is 1. The molecule has 0 saturated carbocycles. The van der Waals surface area contributed by atoms with E-state index in [0.29, 0.717) is 42.7 Å². The molecule has 2 unspecified atom stereocenters. The fraction of sp³-hybridized carbons (Fsp3) is 0.500. The van der Waals surface area contributed by atoms with Crippen molar-refractivity contribution in [3.8, 4) is 11.5 Å². The fourth-order valence-electron chi connectivity index (χ4n) is 5.72. The lowest BCUT2D eigenvalue weighted by Gasteiger charge is -2.43. The van der Waals surface area contributed by atoms with Crippen molar-refractivity contribution in [2.45, 2.75) is 37.8 Å². The van der Waals surface area contributed by atoms with E-state index in [9.17, 15) is 14.0 Å². The van der Waals surface area contributed by atoms with Crippen LogP contribution in [0.15, 0.2) is 42.5 Å². The molecule has 0 N–H and O–H groups in total. The van der Waals surface area contributed by atoms with E-state index in [-0.39, 0.29) is 29.9 Å². The molecule has 3 aliphatic heterocycles. The minimum atomic E-state index is -0.270. The Morgan fingerprint density at radius 1 is 0.973 bits per heavy atom. The third kappa shape index (κ3) is 5.43. The molecule has 0 spiro atoms. The van der Waals surface area contributed by atoms with Gasteiger partial charge in [0.1, 0.15) is 5.82 Å². The summed E-state index contributed by atoms with van der Waals surface area (Å²) in [7, 11) is 3.08. The molecule has 3 heterocycles. The molecule has 8 nitrogen and oxygen atoms in total. The van der Waals surface area contributed by atoms with Crippen molar-refractivity contribution in [1.29, 1.82) is 0 Å². The summed E-state index contributed by atoms with van der Waals surface area (Å²) in [6.45, 7) is 3.90. The van der Waals surface area contributed by atoms with Crippen molar-refractivity contribution in [3.63, 3.8) is 0 Å². The van der Waals surface area contributed by atoms with Crippen LogP contribution < -0.4 is 14.4 Å². The molecule has 3 amide bonds. The molecule has 3 fully saturated rings. The first-order valence-corrected chi connectivity index (χ1v) is 12.9.